The van der Waals surface area contributed by atoms with Gasteiger partial charge in [0.2, 0.25) is 0 Å². The number of rotatable bonds is 7. The van der Waals surface area contributed by atoms with Gasteiger partial charge in [-0.05, 0) is 26.5 Å². The number of carbonyl (C=O) groups excluding carboxylic acids is 1. The monoisotopic (exact) mass is 411 g/mol. The zero-order valence-electron chi connectivity index (χ0n) is 15.6. The highest BCUT2D eigenvalue weighted by Crippen LogP contribution is 2.39. The maximum absolute atomic E-state index is 12.7. The molecular formula is C18H22ClN3O6. The summed E-state index contributed by atoms with van der Waals surface area (Å²) in [5, 5.41) is 26.6. The number of carbonyl (C=O) groups is 2. The molecule has 0 aliphatic carbocycles. The van der Waals surface area contributed by atoms with Crippen LogP contribution in [0.2, 0.25) is 0 Å². The summed E-state index contributed by atoms with van der Waals surface area (Å²) >= 11 is 0. The Bertz CT molecular complexity index is 849. The molecule has 10 heteroatoms. The van der Waals surface area contributed by atoms with E-state index in [1.807, 2.05) is 0 Å². The predicted molar refractivity (Wildman–Crippen MR) is 104 cm³/mol. The molecule has 0 saturated heterocycles. The zero-order chi connectivity index (χ0) is 20.1. The Balaban J connectivity index is 0.00000392. The van der Waals surface area contributed by atoms with E-state index in [4.69, 9.17) is 4.74 Å². The third-order valence-corrected chi connectivity index (χ3v) is 4.21. The van der Waals surface area contributed by atoms with Crippen LogP contribution in [0.5, 0.6) is 0 Å². The number of non-ortho nitro benzene ring substituents is 1. The van der Waals surface area contributed by atoms with Crippen LogP contribution in [-0.4, -0.2) is 42.2 Å². The van der Waals surface area contributed by atoms with E-state index in [0.29, 0.717) is 23.5 Å². The first-order valence-electron chi connectivity index (χ1n) is 8.25. The predicted octanol–water partition coefficient (Wildman–Crippen LogP) is 2.10. The van der Waals surface area contributed by atoms with Crippen molar-refractivity contribution < 1.29 is 24.4 Å². The largest absolute Gasteiger partial charge is 0.478 e. The molecule has 1 heterocycles. The van der Waals surface area contributed by atoms with Crippen molar-refractivity contribution in [1.82, 2.24) is 10.6 Å². The highest BCUT2D eigenvalue weighted by atomic mass is 35.5. The number of hydrogen-bond donors (Lipinski definition) is 3. The summed E-state index contributed by atoms with van der Waals surface area (Å²) in [4.78, 5) is 35.1. The number of aliphatic carboxylic acids is 1. The van der Waals surface area contributed by atoms with Gasteiger partial charge in [-0.15, -0.1) is 12.4 Å². The zero-order valence-corrected chi connectivity index (χ0v) is 16.5. The minimum Gasteiger partial charge on any atom is -0.478 e. The highest BCUT2D eigenvalue weighted by Gasteiger charge is 2.37. The summed E-state index contributed by atoms with van der Waals surface area (Å²) in [7, 11) is 1.71. The van der Waals surface area contributed by atoms with E-state index in [-0.39, 0.29) is 35.8 Å². The molecule has 1 aromatic carbocycles. The van der Waals surface area contributed by atoms with E-state index in [9.17, 15) is 24.8 Å². The number of nitrogens with zero attached hydrogens (tertiary/aromatic N) is 1. The van der Waals surface area contributed by atoms with Crippen molar-refractivity contribution >= 4 is 30.0 Å². The van der Waals surface area contributed by atoms with E-state index in [1.165, 1.54) is 18.2 Å². The van der Waals surface area contributed by atoms with E-state index in [1.54, 1.807) is 27.0 Å². The van der Waals surface area contributed by atoms with Crippen LogP contribution in [0, 0.1) is 10.1 Å². The van der Waals surface area contributed by atoms with Gasteiger partial charge in [-0.25, -0.2) is 9.59 Å². The van der Waals surface area contributed by atoms with Crippen molar-refractivity contribution in [3.05, 3.63) is 62.5 Å². The van der Waals surface area contributed by atoms with Gasteiger partial charge >= 0.3 is 11.9 Å². The van der Waals surface area contributed by atoms with Gasteiger partial charge in [-0.1, -0.05) is 12.1 Å². The lowest BCUT2D eigenvalue weighted by Gasteiger charge is -2.29. The second kappa shape index (κ2) is 9.86. The molecule has 3 N–H and O–H groups in total. The number of nitrogens with one attached hydrogen (secondary N) is 2. The summed E-state index contributed by atoms with van der Waals surface area (Å²) in [5.74, 6) is -2.87. The van der Waals surface area contributed by atoms with E-state index in [0.717, 1.165) is 0 Å². The molecule has 2 rings (SSSR count). The number of carboxylic acids is 1. The molecule has 0 spiro atoms. The van der Waals surface area contributed by atoms with Crippen LogP contribution in [0.3, 0.4) is 0 Å². The summed E-state index contributed by atoms with van der Waals surface area (Å²) in [6.07, 6.45) is 0. The fourth-order valence-electron chi connectivity index (χ4n) is 3.02. The Morgan fingerprint density at radius 1 is 1.29 bits per heavy atom. The Morgan fingerprint density at radius 2 is 1.93 bits per heavy atom. The first-order chi connectivity index (χ1) is 12.8. The SMILES string of the molecule is CNCCOC(=O)C1=C(C)NC(C)=C(C(=O)O)C1c1cccc([N+](=O)[O-])c1.Cl. The fraction of sp³-hybridized carbons (Fsp3) is 0.333. The number of likely N-dealkylation sites (N-methyl/N-ethyl adjacent to an activating group) is 1. The van der Waals surface area contributed by atoms with Gasteiger partial charge in [0.25, 0.3) is 5.69 Å². The maximum Gasteiger partial charge on any atom is 0.336 e. The number of allylic oxidation sites excluding steroid dienone is 2. The molecule has 152 valence electrons. The number of dihydropyridines is 1. The van der Waals surface area contributed by atoms with Crippen molar-refractivity contribution in [2.45, 2.75) is 19.8 Å². The molecule has 0 aromatic heterocycles. The molecule has 1 aromatic rings. The summed E-state index contributed by atoms with van der Waals surface area (Å²) in [5.41, 5.74) is 1.03. The molecule has 0 saturated carbocycles. The van der Waals surface area contributed by atoms with Crippen molar-refractivity contribution in [2.75, 3.05) is 20.2 Å². The lowest BCUT2D eigenvalue weighted by Crippen LogP contribution is -2.32. The molecular weight excluding hydrogens is 390 g/mol. The van der Waals surface area contributed by atoms with Crippen molar-refractivity contribution in [3.63, 3.8) is 0 Å². The number of nitro groups is 1. The Kier molecular flexibility index (Phi) is 8.15. The van der Waals surface area contributed by atoms with Gasteiger partial charge in [0.15, 0.2) is 0 Å². The smallest absolute Gasteiger partial charge is 0.336 e. The van der Waals surface area contributed by atoms with Gasteiger partial charge in [-0.3, -0.25) is 10.1 Å². The first kappa shape index (κ1) is 23.1. The molecule has 0 fully saturated rings. The Labute approximate surface area is 168 Å². The van der Waals surface area contributed by atoms with E-state index < -0.39 is 22.8 Å². The van der Waals surface area contributed by atoms with Crippen LogP contribution in [0.15, 0.2) is 46.8 Å². The molecule has 1 atom stereocenters. The lowest BCUT2D eigenvalue weighted by atomic mass is 9.80. The highest BCUT2D eigenvalue weighted by molar-refractivity contribution is 5.99. The molecule has 1 aliphatic rings. The minimum absolute atomic E-state index is 0. The molecule has 1 unspecified atom stereocenters. The van der Waals surface area contributed by atoms with Gasteiger partial charge in [0.05, 0.1) is 22.0 Å². The molecule has 0 bridgehead atoms. The molecule has 28 heavy (non-hydrogen) atoms. The molecule has 9 nitrogen and oxygen atoms in total. The van der Waals surface area contributed by atoms with Crippen LogP contribution < -0.4 is 10.6 Å². The number of benzene rings is 1. The average Bonchev–Trinajstić information content (AvgIpc) is 2.60. The minimum atomic E-state index is -1.22. The first-order valence-corrected chi connectivity index (χ1v) is 8.25. The number of ether oxygens (including phenoxy) is 1. The summed E-state index contributed by atoms with van der Waals surface area (Å²) in [6.45, 7) is 3.77. The van der Waals surface area contributed by atoms with Gasteiger partial charge in [0.1, 0.15) is 6.61 Å². The lowest BCUT2D eigenvalue weighted by molar-refractivity contribution is -0.384. The van der Waals surface area contributed by atoms with Crippen LogP contribution in [0.4, 0.5) is 5.69 Å². The molecule has 0 amide bonds. The van der Waals surface area contributed by atoms with Crippen molar-refractivity contribution in [2.24, 2.45) is 0 Å². The number of carboxylic acid groups (broad SMARTS) is 1. The average molecular weight is 412 g/mol. The topological polar surface area (TPSA) is 131 Å². The van der Waals surface area contributed by atoms with Crippen molar-refractivity contribution in [1.29, 1.82) is 0 Å². The number of esters is 1. The van der Waals surface area contributed by atoms with Crippen LogP contribution >= 0.6 is 12.4 Å². The molecule has 0 radical (unpaired) electrons. The number of nitro benzene ring substituents is 1. The fourth-order valence-corrected chi connectivity index (χ4v) is 3.02. The van der Waals surface area contributed by atoms with Crippen LogP contribution in [-0.2, 0) is 14.3 Å². The molecule has 1 aliphatic heterocycles. The quantitative estimate of drug-likeness (QED) is 0.269. The Morgan fingerprint density at radius 3 is 2.50 bits per heavy atom. The van der Waals surface area contributed by atoms with Crippen LogP contribution in [0.1, 0.15) is 25.3 Å². The normalized spacial score (nSPS) is 16.2. The Hall–Kier alpha value is -2.91. The maximum atomic E-state index is 12.7. The summed E-state index contributed by atoms with van der Waals surface area (Å²) in [6, 6.07) is 5.61. The van der Waals surface area contributed by atoms with Gasteiger partial charge < -0.3 is 20.5 Å². The number of hydrogen-bond acceptors (Lipinski definition) is 7. The standard InChI is InChI=1S/C18H21N3O6.ClH/c1-10-14(17(22)23)16(12-5-4-6-13(9-12)21(25)26)15(11(2)20-10)18(24)27-8-7-19-3;/h4-6,9,16,19-20H,7-8H2,1-3H3,(H,22,23);1H. The van der Waals surface area contributed by atoms with Gasteiger partial charge in [-0.2, -0.15) is 0 Å². The van der Waals surface area contributed by atoms with Crippen molar-refractivity contribution in [3.8, 4) is 0 Å². The second-order valence-electron chi connectivity index (χ2n) is 6.03. The van der Waals surface area contributed by atoms with Gasteiger partial charge in [0, 0.05) is 30.1 Å². The number of halogens is 1. The summed E-state index contributed by atoms with van der Waals surface area (Å²) < 4.78 is 5.24. The third-order valence-electron chi connectivity index (χ3n) is 4.21. The second-order valence-corrected chi connectivity index (χ2v) is 6.03. The van der Waals surface area contributed by atoms with Crippen LogP contribution in [0.25, 0.3) is 0 Å². The van der Waals surface area contributed by atoms with E-state index in [2.05, 4.69) is 10.6 Å². The third kappa shape index (κ3) is 4.87. The van der Waals surface area contributed by atoms with E-state index >= 15 is 0 Å².